The molecule has 0 aliphatic heterocycles. The van der Waals surface area contributed by atoms with E-state index in [1.807, 2.05) is 47.4 Å². The summed E-state index contributed by atoms with van der Waals surface area (Å²) < 4.78 is 5.20. The molecule has 1 aliphatic rings. The van der Waals surface area contributed by atoms with Crippen molar-refractivity contribution in [3.8, 4) is 5.75 Å². The molecule has 0 saturated heterocycles. The number of aliphatic hydroxyl groups is 1. The molecule has 1 aliphatic carbocycles. The number of pyridine rings is 1. The molecule has 1 aromatic carbocycles. The van der Waals surface area contributed by atoms with Gasteiger partial charge in [0.1, 0.15) is 5.75 Å². The zero-order chi connectivity index (χ0) is 19.1. The van der Waals surface area contributed by atoms with E-state index < -0.39 is 0 Å². The van der Waals surface area contributed by atoms with Gasteiger partial charge >= 0.3 is 0 Å². The SMILES string of the molecule is COc1ccc(CCN(Cc2ccccn2)C(=O)[C@H]2CCC[C@@H](O)C2)cc1. The Labute approximate surface area is 161 Å². The Balaban J connectivity index is 1.69. The van der Waals surface area contributed by atoms with E-state index in [0.29, 0.717) is 19.5 Å². The van der Waals surface area contributed by atoms with Gasteiger partial charge in [0.2, 0.25) is 5.91 Å². The molecule has 144 valence electrons. The number of methoxy groups -OCH3 is 1. The molecule has 1 amide bonds. The quantitative estimate of drug-likeness (QED) is 0.815. The molecule has 2 atom stereocenters. The van der Waals surface area contributed by atoms with E-state index in [9.17, 15) is 9.90 Å². The van der Waals surface area contributed by atoms with Crippen LogP contribution < -0.4 is 4.74 Å². The van der Waals surface area contributed by atoms with Crippen LogP contribution in [0.3, 0.4) is 0 Å². The topological polar surface area (TPSA) is 62.7 Å². The van der Waals surface area contributed by atoms with Crippen LogP contribution in [0.2, 0.25) is 0 Å². The maximum atomic E-state index is 13.1. The van der Waals surface area contributed by atoms with E-state index in [-0.39, 0.29) is 17.9 Å². The van der Waals surface area contributed by atoms with Gasteiger partial charge in [-0.1, -0.05) is 24.6 Å². The minimum atomic E-state index is -0.356. The van der Waals surface area contributed by atoms with Crippen LogP contribution in [0.25, 0.3) is 0 Å². The Morgan fingerprint density at radius 3 is 2.70 bits per heavy atom. The molecule has 27 heavy (non-hydrogen) atoms. The molecule has 0 radical (unpaired) electrons. The molecule has 1 N–H and O–H groups in total. The fraction of sp³-hybridized carbons (Fsp3) is 0.455. The van der Waals surface area contributed by atoms with Gasteiger partial charge in [-0.25, -0.2) is 0 Å². The molecule has 5 heteroatoms. The number of amides is 1. The van der Waals surface area contributed by atoms with Crippen molar-refractivity contribution in [2.75, 3.05) is 13.7 Å². The highest BCUT2D eigenvalue weighted by Crippen LogP contribution is 2.26. The van der Waals surface area contributed by atoms with Gasteiger partial charge in [-0.15, -0.1) is 0 Å². The van der Waals surface area contributed by atoms with Crippen LogP contribution in [0.1, 0.15) is 36.9 Å². The van der Waals surface area contributed by atoms with Crippen LogP contribution in [0.4, 0.5) is 0 Å². The first-order chi connectivity index (χ1) is 13.2. The lowest BCUT2D eigenvalue weighted by molar-refractivity contribution is -0.138. The van der Waals surface area contributed by atoms with Gasteiger partial charge in [-0.05, 0) is 55.5 Å². The highest BCUT2D eigenvalue weighted by atomic mass is 16.5. The maximum Gasteiger partial charge on any atom is 0.226 e. The van der Waals surface area contributed by atoms with E-state index in [4.69, 9.17) is 4.74 Å². The van der Waals surface area contributed by atoms with Crippen molar-refractivity contribution in [2.45, 2.75) is 44.8 Å². The van der Waals surface area contributed by atoms with Gasteiger partial charge < -0.3 is 14.7 Å². The van der Waals surface area contributed by atoms with E-state index in [2.05, 4.69) is 4.98 Å². The first-order valence-electron chi connectivity index (χ1n) is 9.65. The normalized spacial score (nSPS) is 19.5. The number of carbonyl (C=O) groups excluding carboxylic acids is 1. The van der Waals surface area contributed by atoms with Crippen molar-refractivity contribution in [1.82, 2.24) is 9.88 Å². The van der Waals surface area contributed by atoms with E-state index in [0.717, 1.165) is 37.1 Å². The zero-order valence-corrected chi connectivity index (χ0v) is 15.9. The Morgan fingerprint density at radius 2 is 2.04 bits per heavy atom. The minimum absolute atomic E-state index is 0.0895. The largest absolute Gasteiger partial charge is 0.497 e. The van der Waals surface area contributed by atoms with Crippen LogP contribution in [-0.2, 0) is 17.8 Å². The molecule has 3 rings (SSSR count). The van der Waals surface area contributed by atoms with Gasteiger partial charge in [-0.2, -0.15) is 0 Å². The number of aliphatic hydroxyl groups excluding tert-OH is 1. The first-order valence-corrected chi connectivity index (χ1v) is 9.65. The number of hydrogen-bond donors (Lipinski definition) is 1. The molecule has 5 nitrogen and oxygen atoms in total. The first kappa shape index (κ1) is 19.4. The predicted octanol–water partition coefficient (Wildman–Crippen LogP) is 3.21. The molecule has 0 bridgehead atoms. The second-order valence-electron chi connectivity index (χ2n) is 7.20. The van der Waals surface area contributed by atoms with Crippen molar-refractivity contribution in [3.63, 3.8) is 0 Å². The summed E-state index contributed by atoms with van der Waals surface area (Å²) in [5.41, 5.74) is 2.05. The highest BCUT2D eigenvalue weighted by molar-refractivity contribution is 5.79. The van der Waals surface area contributed by atoms with Crippen molar-refractivity contribution >= 4 is 5.91 Å². The summed E-state index contributed by atoms with van der Waals surface area (Å²) in [5, 5.41) is 9.96. The Kier molecular flexibility index (Phi) is 6.82. The highest BCUT2D eigenvalue weighted by Gasteiger charge is 2.29. The molecular weight excluding hydrogens is 340 g/mol. The van der Waals surface area contributed by atoms with Gasteiger partial charge in [0.15, 0.2) is 0 Å². The third kappa shape index (κ3) is 5.54. The molecule has 1 aromatic heterocycles. The van der Waals surface area contributed by atoms with Crippen LogP contribution in [-0.4, -0.2) is 40.7 Å². The van der Waals surface area contributed by atoms with Crippen LogP contribution in [0.15, 0.2) is 48.7 Å². The van der Waals surface area contributed by atoms with Crippen LogP contribution in [0.5, 0.6) is 5.75 Å². The number of hydrogen-bond acceptors (Lipinski definition) is 4. The molecule has 1 heterocycles. The second kappa shape index (κ2) is 9.51. The van der Waals surface area contributed by atoms with Crippen LogP contribution >= 0.6 is 0 Å². The van der Waals surface area contributed by atoms with Gasteiger partial charge in [0, 0.05) is 18.7 Å². The zero-order valence-electron chi connectivity index (χ0n) is 15.9. The number of ether oxygens (including phenoxy) is 1. The number of aromatic nitrogens is 1. The predicted molar refractivity (Wildman–Crippen MR) is 104 cm³/mol. The second-order valence-corrected chi connectivity index (χ2v) is 7.20. The van der Waals surface area contributed by atoms with Crippen molar-refractivity contribution in [1.29, 1.82) is 0 Å². The lowest BCUT2D eigenvalue weighted by Gasteiger charge is -2.31. The average molecular weight is 368 g/mol. The summed E-state index contributed by atoms with van der Waals surface area (Å²) in [5.74, 6) is 0.873. The van der Waals surface area contributed by atoms with E-state index in [1.54, 1.807) is 13.3 Å². The smallest absolute Gasteiger partial charge is 0.226 e. The van der Waals surface area contributed by atoms with E-state index in [1.165, 1.54) is 5.56 Å². The number of benzene rings is 1. The fourth-order valence-electron chi connectivity index (χ4n) is 3.66. The maximum absolute atomic E-state index is 13.1. The van der Waals surface area contributed by atoms with Crippen molar-refractivity contribution in [3.05, 3.63) is 59.9 Å². The summed E-state index contributed by atoms with van der Waals surface area (Å²) >= 11 is 0. The number of nitrogens with zero attached hydrogens (tertiary/aromatic N) is 2. The van der Waals surface area contributed by atoms with Crippen molar-refractivity contribution in [2.24, 2.45) is 5.92 Å². The number of rotatable bonds is 7. The van der Waals surface area contributed by atoms with Gasteiger partial charge in [0.05, 0.1) is 25.5 Å². The summed E-state index contributed by atoms with van der Waals surface area (Å²) in [7, 11) is 1.65. The lowest BCUT2D eigenvalue weighted by Crippen LogP contribution is -2.40. The third-order valence-electron chi connectivity index (χ3n) is 5.22. The monoisotopic (exact) mass is 368 g/mol. The van der Waals surface area contributed by atoms with E-state index >= 15 is 0 Å². The minimum Gasteiger partial charge on any atom is -0.497 e. The molecule has 1 saturated carbocycles. The van der Waals surface area contributed by atoms with Crippen molar-refractivity contribution < 1.29 is 14.6 Å². The summed E-state index contributed by atoms with van der Waals surface area (Å²) in [4.78, 5) is 19.4. The average Bonchev–Trinajstić information content (AvgIpc) is 2.71. The fourth-order valence-corrected chi connectivity index (χ4v) is 3.66. The Hall–Kier alpha value is -2.40. The molecular formula is C22H28N2O3. The molecule has 0 spiro atoms. The molecule has 0 unspecified atom stereocenters. The molecule has 1 fully saturated rings. The lowest BCUT2D eigenvalue weighted by atomic mass is 9.86. The summed E-state index contributed by atoms with van der Waals surface area (Å²) in [6, 6.07) is 13.7. The standard InChI is InChI=1S/C22H28N2O3/c1-27-21-10-8-17(9-11-21)12-14-24(16-19-6-2-3-13-23-19)22(26)18-5-4-7-20(25)15-18/h2-3,6,8-11,13,18,20,25H,4-5,7,12,14-16H2,1H3/t18-,20+/m0/s1. The third-order valence-corrected chi connectivity index (χ3v) is 5.22. The number of carbonyl (C=O) groups is 1. The van der Waals surface area contributed by atoms with Crippen LogP contribution in [0, 0.1) is 5.92 Å². The van der Waals surface area contributed by atoms with Gasteiger partial charge in [-0.3, -0.25) is 9.78 Å². The van der Waals surface area contributed by atoms with Gasteiger partial charge in [0.25, 0.3) is 0 Å². The Morgan fingerprint density at radius 1 is 1.22 bits per heavy atom. The summed E-state index contributed by atoms with van der Waals surface area (Å²) in [6.07, 6.45) is 5.32. The Bertz CT molecular complexity index is 718. The molecule has 2 aromatic rings. The summed E-state index contributed by atoms with van der Waals surface area (Å²) in [6.45, 7) is 1.14.